The zero-order valence-electron chi connectivity index (χ0n) is 12.0. The van der Waals surface area contributed by atoms with Gasteiger partial charge in [-0.2, -0.15) is 0 Å². The second kappa shape index (κ2) is 6.61. The van der Waals surface area contributed by atoms with Crippen LogP contribution in [0, 0.1) is 0 Å². The quantitative estimate of drug-likeness (QED) is 0.866. The van der Waals surface area contributed by atoms with E-state index >= 15 is 0 Å². The molecule has 1 aromatic rings. The average molecular weight is 279 g/mol. The molecule has 1 heterocycles. The molecular formula is C15H21NO4. The van der Waals surface area contributed by atoms with Crippen molar-refractivity contribution in [2.45, 2.75) is 25.3 Å². The summed E-state index contributed by atoms with van der Waals surface area (Å²) in [4.78, 5) is 13.0. The Morgan fingerprint density at radius 1 is 1.40 bits per heavy atom. The number of ether oxygens (including phenoxy) is 2. The van der Waals surface area contributed by atoms with Crippen LogP contribution in [0.2, 0.25) is 0 Å². The topological polar surface area (TPSA) is 59.0 Å². The Kier molecular flexibility index (Phi) is 4.84. The van der Waals surface area contributed by atoms with Gasteiger partial charge in [0.15, 0.2) is 0 Å². The van der Waals surface area contributed by atoms with Crippen molar-refractivity contribution in [2.24, 2.45) is 0 Å². The Hall–Kier alpha value is -1.75. The molecule has 0 amide bonds. The van der Waals surface area contributed by atoms with Gasteiger partial charge >= 0.3 is 5.97 Å². The van der Waals surface area contributed by atoms with E-state index in [1.807, 2.05) is 18.2 Å². The first-order valence-corrected chi connectivity index (χ1v) is 6.83. The third-order valence-corrected chi connectivity index (χ3v) is 3.78. The highest BCUT2D eigenvalue weighted by Gasteiger charge is 2.28. The summed E-state index contributed by atoms with van der Waals surface area (Å²) in [5, 5.41) is 8.83. The predicted molar refractivity (Wildman–Crippen MR) is 75.3 cm³/mol. The van der Waals surface area contributed by atoms with E-state index < -0.39 is 5.97 Å². The summed E-state index contributed by atoms with van der Waals surface area (Å²) in [6, 6.07) is 6.05. The summed E-state index contributed by atoms with van der Waals surface area (Å²) < 4.78 is 10.7. The molecule has 1 N–H and O–H groups in total. The normalized spacial score (nSPS) is 19.0. The summed E-state index contributed by atoms with van der Waals surface area (Å²) in [5.74, 6) is 0.814. The number of carboxylic acids is 1. The van der Waals surface area contributed by atoms with Crippen LogP contribution in [-0.2, 0) is 4.79 Å². The first-order valence-electron chi connectivity index (χ1n) is 6.83. The minimum atomic E-state index is -0.752. The Labute approximate surface area is 119 Å². The van der Waals surface area contributed by atoms with Crippen LogP contribution in [0.5, 0.6) is 11.5 Å². The number of carbonyl (C=O) groups is 1. The number of benzene rings is 1. The molecule has 110 valence electrons. The van der Waals surface area contributed by atoms with E-state index in [0.29, 0.717) is 6.54 Å². The van der Waals surface area contributed by atoms with E-state index in [4.69, 9.17) is 14.6 Å². The lowest BCUT2D eigenvalue weighted by Gasteiger charge is -2.25. The lowest BCUT2D eigenvalue weighted by atomic mass is 10.0. The van der Waals surface area contributed by atoms with E-state index in [1.54, 1.807) is 14.2 Å². The number of carboxylic acid groups (broad SMARTS) is 1. The minimum absolute atomic E-state index is 0.176. The number of methoxy groups -OCH3 is 2. The Bertz CT molecular complexity index is 475. The van der Waals surface area contributed by atoms with E-state index in [9.17, 15) is 4.79 Å². The van der Waals surface area contributed by atoms with Gasteiger partial charge in [0, 0.05) is 24.2 Å². The van der Waals surface area contributed by atoms with Gasteiger partial charge in [0.1, 0.15) is 11.5 Å². The molecule has 0 spiro atoms. The van der Waals surface area contributed by atoms with Crippen LogP contribution in [-0.4, -0.2) is 43.3 Å². The lowest BCUT2D eigenvalue weighted by Crippen LogP contribution is -2.26. The standard InChI is InChI=1S/C15H21NO4/c1-19-11-5-6-12(14(10-11)20-2)13-4-3-8-16(13)9-7-15(17)18/h5-6,10,13H,3-4,7-9H2,1-2H3,(H,17,18). The fourth-order valence-electron chi connectivity index (χ4n) is 2.78. The first kappa shape index (κ1) is 14.7. The molecule has 1 atom stereocenters. The fraction of sp³-hybridized carbons (Fsp3) is 0.533. The molecule has 0 aromatic heterocycles. The summed E-state index contributed by atoms with van der Waals surface area (Å²) >= 11 is 0. The molecule has 0 bridgehead atoms. The largest absolute Gasteiger partial charge is 0.497 e. The highest BCUT2D eigenvalue weighted by molar-refractivity contribution is 5.66. The molecule has 20 heavy (non-hydrogen) atoms. The molecule has 1 aliphatic heterocycles. The van der Waals surface area contributed by atoms with Crippen LogP contribution in [0.4, 0.5) is 0 Å². The van der Waals surface area contributed by atoms with Crippen molar-refractivity contribution in [3.05, 3.63) is 23.8 Å². The second-order valence-corrected chi connectivity index (χ2v) is 4.95. The van der Waals surface area contributed by atoms with Gasteiger partial charge in [-0.1, -0.05) is 6.07 Å². The van der Waals surface area contributed by atoms with Crippen LogP contribution >= 0.6 is 0 Å². The number of likely N-dealkylation sites (tertiary alicyclic amines) is 1. The van der Waals surface area contributed by atoms with Gasteiger partial charge in [0.2, 0.25) is 0 Å². The summed E-state index contributed by atoms with van der Waals surface area (Å²) in [7, 11) is 3.28. The van der Waals surface area contributed by atoms with E-state index in [1.165, 1.54) is 0 Å². The van der Waals surface area contributed by atoms with Gasteiger partial charge < -0.3 is 14.6 Å². The van der Waals surface area contributed by atoms with Crippen LogP contribution in [0.3, 0.4) is 0 Å². The maximum absolute atomic E-state index is 10.7. The van der Waals surface area contributed by atoms with Crippen LogP contribution in [0.25, 0.3) is 0 Å². The van der Waals surface area contributed by atoms with Gasteiger partial charge in [-0.25, -0.2) is 0 Å². The number of hydrogen-bond donors (Lipinski definition) is 1. The van der Waals surface area contributed by atoms with Crippen LogP contribution in [0.15, 0.2) is 18.2 Å². The molecule has 1 aromatic carbocycles. The van der Waals surface area contributed by atoms with Crippen molar-refractivity contribution < 1.29 is 19.4 Å². The summed E-state index contributed by atoms with van der Waals surface area (Å²) in [6.07, 6.45) is 2.29. The molecule has 0 aliphatic carbocycles. The van der Waals surface area contributed by atoms with Gasteiger partial charge in [0.25, 0.3) is 0 Å². The number of aliphatic carboxylic acids is 1. The summed E-state index contributed by atoms with van der Waals surface area (Å²) in [6.45, 7) is 1.52. The molecule has 5 heteroatoms. The number of nitrogens with zero attached hydrogens (tertiary/aromatic N) is 1. The van der Waals surface area contributed by atoms with Crippen LogP contribution in [0.1, 0.15) is 30.9 Å². The first-order chi connectivity index (χ1) is 9.65. The van der Waals surface area contributed by atoms with E-state index in [0.717, 1.165) is 36.4 Å². The lowest BCUT2D eigenvalue weighted by molar-refractivity contribution is -0.137. The van der Waals surface area contributed by atoms with Gasteiger partial charge in [-0.05, 0) is 25.5 Å². The number of rotatable bonds is 6. The van der Waals surface area contributed by atoms with E-state index in [-0.39, 0.29) is 12.5 Å². The van der Waals surface area contributed by atoms with Gasteiger partial charge in [-0.3, -0.25) is 9.69 Å². The molecule has 0 radical (unpaired) electrons. The third-order valence-electron chi connectivity index (χ3n) is 3.78. The van der Waals surface area contributed by atoms with Crippen molar-refractivity contribution in [1.82, 2.24) is 4.90 Å². The zero-order chi connectivity index (χ0) is 14.5. The van der Waals surface area contributed by atoms with Crippen molar-refractivity contribution in [1.29, 1.82) is 0 Å². The monoisotopic (exact) mass is 279 g/mol. The van der Waals surface area contributed by atoms with Crippen molar-refractivity contribution in [2.75, 3.05) is 27.3 Å². The molecular weight excluding hydrogens is 258 g/mol. The number of hydrogen-bond acceptors (Lipinski definition) is 4. The maximum Gasteiger partial charge on any atom is 0.304 e. The van der Waals surface area contributed by atoms with E-state index in [2.05, 4.69) is 4.90 Å². The van der Waals surface area contributed by atoms with Gasteiger partial charge in [0.05, 0.1) is 20.6 Å². The highest BCUT2D eigenvalue weighted by atomic mass is 16.5. The van der Waals surface area contributed by atoms with Gasteiger partial charge in [-0.15, -0.1) is 0 Å². The zero-order valence-corrected chi connectivity index (χ0v) is 12.0. The fourth-order valence-corrected chi connectivity index (χ4v) is 2.78. The SMILES string of the molecule is COc1ccc(C2CCCN2CCC(=O)O)c(OC)c1. The maximum atomic E-state index is 10.7. The predicted octanol–water partition coefficient (Wildman–Crippen LogP) is 2.32. The Morgan fingerprint density at radius 2 is 2.20 bits per heavy atom. The smallest absolute Gasteiger partial charge is 0.304 e. The Balaban J connectivity index is 2.18. The minimum Gasteiger partial charge on any atom is -0.497 e. The summed E-state index contributed by atoms with van der Waals surface area (Å²) in [5.41, 5.74) is 1.11. The molecule has 1 fully saturated rings. The molecule has 2 rings (SSSR count). The highest BCUT2D eigenvalue weighted by Crippen LogP contribution is 2.38. The third kappa shape index (κ3) is 3.22. The second-order valence-electron chi connectivity index (χ2n) is 4.95. The molecule has 1 unspecified atom stereocenters. The van der Waals surface area contributed by atoms with Crippen molar-refractivity contribution >= 4 is 5.97 Å². The molecule has 1 aliphatic rings. The molecule has 1 saturated heterocycles. The molecule has 0 saturated carbocycles. The average Bonchev–Trinajstić information content (AvgIpc) is 2.92. The molecule has 5 nitrogen and oxygen atoms in total. The van der Waals surface area contributed by atoms with Crippen LogP contribution < -0.4 is 9.47 Å². The van der Waals surface area contributed by atoms with Crippen molar-refractivity contribution in [3.8, 4) is 11.5 Å². The Morgan fingerprint density at radius 3 is 2.85 bits per heavy atom. The van der Waals surface area contributed by atoms with Crippen molar-refractivity contribution in [3.63, 3.8) is 0 Å².